The molecule has 3 aliphatic rings. The lowest BCUT2D eigenvalue weighted by Gasteiger charge is -2.53. The number of amides is 1. The molecule has 0 aliphatic carbocycles. The molecular formula is C12H22N2O3. The zero-order valence-corrected chi connectivity index (χ0v) is 10.8. The average molecular weight is 242 g/mol. The van der Waals surface area contributed by atoms with Crippen LogP contribution in [0.15, 0.2) is 0 Å². The lowest BCUT2D eigenvalue weighted by atomic mass is 9.81. The van der Waals surface area contributed by atoms with Crippen molar-refractivity contribution >= 4 is 6.09 Å². The molecule has 2 unspecified atom stereocenters. The number of carbonyl (C=O) groups is 1. The summed E-state index contributed by atoms with van der Waals surface area (Å²) < 4.78 is 5.40. The SMILES string of the molecule is CC(C)(C)OC(=O)N1CC2CCC1(CO)CN2. The van der Waals surface area contributed by atoms with Gasteiger partial charge in [-0.05, 0) is 33.6 Å². The molecule has 0 aromatic carbocycles. The van der Waals surface area contributed by atoms with Crippen molar-refractivity contribution in [1.82, 2.24) is 10.2 Å². The fourth-order valence-electron chi connectivity index (χ4n) is 2.57. The van der Waals surface area contributed by atoms with Gasteiger partial charge in [0.1, 0.15) is 5.60 Å². The maximum absolute atomic E-state index is 12.1. The van der Waals surface area contributed by atoms with E-state index in [2.05, 4.69) is 5.32 Å². The molecule has 3 rings (SSSR count). The largest absolute Gasteiger partial charge is 0.444 e. The van der Waals surface area contributed by atoms with Crippen LogP contribution in [0.5, 0.6) is 0 Å². The first-order valence-corrected chi connectivity index (χ1v) is 6.21. The summed E-state index contributed by atoms with van der Waals surface area (Å²) >= 11 is 0. The van der Waals surface area contributed by atoms with Gasteiger partial charge >= 0.3 is 6.09 Å². The molecule has 2 N–H and O–H groups in total. The van der Waals surface area contributed by atoms with E-state index in [9.17, 15) is 9.90 Å². The van der Waals surface area contributed by atoms with Crippen LogP contribution in [0, 0.1) is 0 Å². The van der Waals surface area contributed by atoms with Gasteiger partial charge in [0.25, 0.3) is 0 Å². The van der Waals surface area contributed by atoms with E-state index in [0.29, 0.717) is 19.1 Å². The summed E-state index contributed by atoms with van der Waals surface area (Å²) in [6.45, 7) is 6.86. The number of ether oxygens (including phenoxy) is 1. The van der Waals surface area contributed by atoms with Crippen molar-refractivity contribution in [3.63, 3.8) is 0 Å². The van der Waals surface area contributed by atoms with E-state index in [-0.39, 0.29) is 12.7 Å². The van der Waals surface area contributed by atoms with Crippen molar-refractivity contribution < 1.29 is 14.6 Å². The third-order valence-corrected chi connectivity index (χ3v) is 3.56. The van der Waals surface area contributed by atoms with Gasteiger partial charge < -0.3 is 15.2 Å². The number of nitrogens with zero attached hydrogens (tertiary/aromatic N) is 1. The second-order valence-corrected chi connectivity index (χ2v) is 6.09. The second-order valence-electron chi connectivity index (χ2n) is 6.09. The maximum Gasteiger partial charge on any atom is 0.410 e. The van der Waals surface area contributed by atoms with Crippen LogP contribution < -0.4 is 5.32 Å². The second kappa shape index (κ2) is 4.14. The molecule has 3 aliphatic heterocycles. The van der Waals surface area contributed by atoms with Crippen LogP contribution in [0.1, 0.15) is 33.6 Å². The van der Waals surface area contributed by atoms with E-state index >= 15 is 0 Å². The minimum absolute atomic E-state index is 0.00797. The van der Waals surface area contributed by atoms with E-state index in [1.54, 1.807) is 4.90 Å². The summed E-state index contributed by atoms with van der Waals surface area (Å²) in [6, 6.07) is 0.343. The third kappa shape index (κ3) is 2.40. The molecule has 0 spiro atoms. The lowest BCUT2D eigenvalue weighted by molar-refractivity contribution is -0.0595. The van der Waals surface area contributed by atoms with Crippen molar-refractivity contribution in [3.8, 4) is 0 Å². The predicted octanol–water partition coefficient (Wildman–Crippen LogP) is 0.720. The molecule has 0 aromatic heterocycles. The summed E-state index contributed by atoms with van der Waals surface area (Å²) in [4.78, 5) is 13.8. The fourth-order valence-corrected chi connectivity index (χ4v) is 2.57. The molecule has 2 atom stereocenters. The van der Waals surface area contributed by atoms with Gasteiger partial charge in [0.05, 0.1) is 12.1 Å². The van der Waals surface area contributed by atoms with Gasteiger partial charge in [-0.2, -0.15) is 0 Å². The van der Waals surface area contributed by atoms with Crippen LogP contribution >= 0.6 is 0 Å². The molecule has 3 heterocycles. The minimum atomic E-state index is -0.488. The Balaban J connectivity index is 2.12. The zero-order valence-electron chi connectivity index (χ0n) is 10.8. The standard InChI is InChI=1S/C12H22N2O3/c1-11(2,3)17-10(16)14-6-9-4-5-12(14,8-15)7-13-9/h9,13,15H,4-8H2,1-3H3. The van der Waals surface area contributed by atoms with Crippen LogP contribution in [-0.4, -0.2) is 53.0 Å². The summed E-state index contributed by atoms with van der Waals surface area (Å²) in [5, 5.41) is 12.9. The van der Waals surface area contributed by atoms with Gasteiger partial charge in [-0.25, -0.2) is 4.79 Å². The Bertz CT molecular complexity index is 303. The van der Waals surface area contributed by atoms with Crippen LogP contribution in [0.4, 0.5) is 4.79 Å². The van der Waals surface area contributed by atoms with Crippen molar-refractivity contribution in [2.45, 2.75) is 50.8 Å². The number of aliphatic hydroxyl groups is 1. The topological polar surface area (TPSA) is 61.8 Å². The number of carbonyl (C=O) groups excluding carboxylic acids is 1. The molecule has 0 radical (unpaired) electrons. The first-order chi connectivity index (χ1) is 7.86. The van der Waals surface area contributed by atoms with Gasteiger partial charge in [0.2, 0.25) is 0 Å². The maximum atomic E-state index is 12.1. The highest BCUT2D eigenvalue weighted by atomic mass is 16.6. The molecule has 2 bridgehead atoms. The van der Waals surface area contributed by atoms with E-state index < -0.39 is 11.1 Å². The number of hydrogen-bond acceptors (Lipinski definition) is 4. The highest BCUT2D eigenvalue weighted by Gasteiger charge is 2.49. The average Bonchev–Trinajstić information content (AvgIpc) is 2.28. The number of rotatable bonds is 1. The molecule has 17 heavy (non-hydrogen) atoms. The lowest BCUT2D eigenvalue weighted by Crippen LogP contribution is -2.72. The summed E-state index contributed by atoms with van der Waals surface area (Å²) in [7, 11) is 0. The Morgan fingerprint density at radius 1 is 1.59 bits per heavy atom. The quantitative estimate of drug-likeness (QED) is 0.711. The van der Waals surface area contributed by atoms with Gasteiger partial charge in [-0.15, -0.1) is 0 Å². The Morgan fingerprint density at radius 3 is 2.76 bits per heavy atom. The van der Waals surface area contributed by atoms with Crippen LogP contribution in [0.25, 0.3) is 0 Å². The number of hydrogen-bond donors (Lipinski definition) is 2. The van der Waals surface area contributed by atoms with Crippen LogP contribution in [-0.2, 0) is 4.74 Å². The number of nitrogens with one attached hydrogen (secondary N) is 1. The Labute approximate surface area is 102 Å². The zero-order chi connectivity index (χ0) is 12.7. The molecule has 5 nitrogen and oxygen atoms in total. The summed E-state index contributed by atoms with van der Waals surface area (Å²) in [5.74, 6) is 0. The molecule has 0 saturated carbocycles. The van der Waals surface area contributed by atoms with Crippen molar-refractivity contribution in [2.24, 2.45) is 0 Å². The van der Waals surface area contributed by atoms with E-state index in [4.69, 9.17) is 4.74 Å². The minimum Gasteiger partial charge on any atom is -0.444 e. The van der Waals surface area contributed by atoms with E-state index in [1.165, 1.54) is 0 Å². The normalized spacial score (nSPS) is 32.7. The molecule has 98 valence electrons. The number of piperazine rings is 1. The Kier molecular flexibility index (Phi) is 3.08. The van der Waals surface area contributed by atoms with E-state index in [1.807, 2.05) is 20.8 Å². The molecule has 3 fully saturated rings. The van der Waals surface area contributed by atoms with Crippen LogP contribution in [0.2, 0.25) is 0 Å². The fraction of sp³-hybridized carbons (Fsp3) is 0.917. The summed E-state index contributed by atoms with van der Waals surface area (Å²) in [6.07, 6.45) is 1.55. The first-order valence-electron chi connectivity index (χ1n) is 6.21. The third-order valence-electron chi connectivity index (χ3n) is 3.56. The number of aliphatic hydroxyl groups excluding tert-OH is 1. The number of fused-ring (bicyclic) bond motifs is 3. The molecule has 1 amide bonds. The van der Waals surface area contributed by atoms with Crippen molar-refractivity contribution in [2.75, 3.05) is 19.7 Å². The molecule has 3 saturated heterocycles. The number of piperidine rings is 2. The van der Waals surface area contributed by atoms with Gasteiger partial charge in [0.15, 0.2) is 0 Å². The first kappa shape index (κ1) is 12.6. The molecule has 0 aromatic rings. The predicted molar refractivity (Wildman–Crippen MR) is 63.8 cm³/mol. The Hall–Kier alpha value is -0.810. The van der Waals surface area contributed by atoms with Gasteiger partial charge in [-0.1, -0.05) is 0 Å². The van der Waals surface area contributed by atoms with E-state index in [0.717, 1.165) is 12.8 Å². The highest BCUT2D eigenvalue weighted by Crippen LogP contribution is 2.33. The van der Waals surface area contributed by atoms with Gasteiger partial charge in [0, 0.05) is 19.1 Å². The van der Waals surface area contributed by atoms with Gasteiger partial charge in [-0.3, -0.25) is 4.90 Å². The molecular weight excluding hydrogens is 220 g/mol. The Morgan fingerprint density at radius 2 is 2.29 bits per heavy atom. The summed E-state index contributed by atoms with van der Waals surface area (Å²) in [5.41, 5.74) is -0.949. The van der Waals surface area contributed by atoms with Crippen LogP contribution in [0.3, 0.4) is 0 Å². The smallest absolute Gasteiger partial charge is 0.410 e. The monoisotopic (exact) mass is 242 g/mol. The molecule has 5 heteroatoms. The van der Waals surface area contributed by atoms with Crippen molar-refractivity contribution in [3.05, 3.63) is 0 Å². The highest BCUT2D eigenvalue weighted by molar-refractivity contribution is 5.70. The van der Waals surface area contributed by atoms with Crippen molar-refractivity contribution in [1.29, 1.82) is 0 Å².